The third kappa shape index (κ3) is 5.98. The number of ether oxygens (including phenoxy) is 2. The Kier molecular flexibility index (Phi) is 9.90. The minimum Gasteiger partial charge on any atom is -0.507 e. The zero-order valence-electron chi connectivity index (χ0n) is 17.4. The molecule has 0 fully saturated rings. The molecule has 0 saturated carbocycles. The number of rotatable bonds is 11. The van der Waals surface area contributed by atoms with Crippen LogP contribution in [0.25, 0.3) is 0 Å². The van der Waals surface area contributed by atoms with Gasteiger partial charge >= 0.3 is 11.9 Å². The number of phenolic OH excluding ortho intramolecular Hbond substituents is 1. The number of esters is 2. The summed E-state index contributed by atoms with van der Waals surface area (Å²) >= 11 is 0. The zero-order chi connectivity index (χ0) is 20.4. The number of benzene rings is 1. The average Bonchev–Trinajstić information content (AvgIpc) is 2.63. The maximum Gasteiger partial charge on any atom is 0.341 e. The molecule has 0 aliphatic rings. The molecule has 0 aromatic heterocycles. The molecule has 0 atom stereocenters. The number of hydrogen-bond donors (Lipinski definition) is 1. The molecular formula is C22H34O5. The molecule has 0 aliphatic carbocycles. The molecule has 27 heavy (non-hydrogen) atoms. The van der Waals surface area contributed by atoms with Crippen molar-refractivity contribution in [3.8, 4) is 5.75 Å². The predicted octanol–water partition coefficient (Wildman–Crippen LogP) is 5.27. The van der Waals surface area contributed by atoms with Crippen LogP contribution in [0.15, 0.2) is 0 Å². The van der Waals surface area contributed by atoms with Crippen LogP contribution in [-0.4, -0.2) is 30.8 Å². The van der Waals surface area contributed by atoms with Crippen molar-refractivity contribution in [2.75, 3.05) is 13.7 Å². The lowest BCUT2D eigenvalue weighted by Crippen LogP contribution is -2.16. The van der Waals surface area contributed by atoms with Crippen molar-refractivity contribution in [1.82, 2.24) is 0 Å². The van der Waals surface area contributed by atoms with Gasteiger partial charge in [-0.3, -0.25) is 0 Å². The first kappa shape index (κ1) is 23.0. The van der Waals surface area contributed by atoms with Gasteiger partial charge in [0.2, 0.25) is 0 Å². The predicted molar refractivity (Wildman–Crippen MR) is 107 cm³/mol. The van der Waals surface area contributed by atoms with Gasteiger partial charge in [-0.05, 0) is 50.3 Å². The van der Waals surface area contributed by atoms with E-state index in [2.05, 4.69) is 6.92 Å². The van der Waals surface area contributed by atoms with Gasteiger partial charge in [-0.1, -0.05) is 45.4 Å². The molecule has 0 bridgehead atoms. The number of phenols is 1. The van der Waals surface area contributed by atoms with E-state index in [9.17, 15) is 14.7 Å². The minimum atomic E-state index is -0.642. The van der Waals surface area contributed by atoms with Crippen molar-refractivity contribution < 1.29 is 24.2 Å². The molecule has 1 N–H and O–H groups in total. The molecule has 0 spiro atoms. The molecule has 0 radical (unpaired) electrons. The van der Waals surface area contributed by atoms with Crippen molar-refractivity contribution in [3.63, 3.8) is 0 Å². The van der Waals surface area contributed by atoms with E-state index >= 15 is 0 Å². The van der Waals surface area contributed by atoms with Crippen molar-refractivity contribution >= 4 is 11.9 Å². The van der Waals surface area contributed by atoms with Crippen LogP contribution in [-0.2, 0) is 15.9 Å². The normalized spacial score (nSPS) is 10.7. The summed E-state index contributed by atoms with van der Waals surface area (Å²) in [6.07, 6.45) is 8.68. The van der Waals surface area contributed by atoms with E-state index in [1.807, 2.05) is 0 Å². The maximum atomic E-state index is 12.4. The number of carbonyl (C=O) groups is 2. The zero-order valence-corrected chi connectivity index (χ0v) is 17.4. The van der Waals surface area contributed by atoms with E-state index in [1.165, 1.54) is 32.8 Å². The Morgan fingerprint density at radius 2 is 1.44 bits per heavy atom. The first-order chi connectivity index (χ1) is 12.9. The molecule has 1 rings (SSSR count). The van der Waals surface area contributed by atoms with Gasteiger partial charge in [0.25, 0.3) is 0 Å². The van der Waals surface area contributed by atoms with Crippen LogP contribution in [0.1, 0.15) is 96.2 Å². The summed E-state index contributed by atoms with van der Waals surface area (Å²) in [6, 6.07) is 0. The molecule has 0 saturated heterocycles. The Bertz CT molecular complexity index is 649. The molecular weight excluding hydrogens is 344 g/mol. The van der Waals surface area contributed by atoms with Crippen molar-refractivity contribution in [2.45, 2.75) is 79.1 Å². The Balaban J connectivity index is 3.09. The molecule has 5 heteroatoms. The van der Waals surface area contributed by atoms with Crippen molar-refractivity contribution in [2.24, 2.45) is 0 Å². The molecule has 0 unspecified atom stereocenters. The second kappa shape index (κ2) is 11.6. The molecule has 1 aromatic carbocycles. The standard InChI is InChI=1S/C22H34O5/c1-6-8-9-10-11-12-13-14-17-15(3)18(22(25)27-7-2)16(4)19(20(17)23)21(24)26-5/h23H,6-14H2,1-5H3. The van der Waals surface area contributed by atoms with Gasteiger partial charge in [-0.2, -0.15) is 0 Å². The summed E-state index contributed by atoms with van der Waals surface area (Å²) in [7, 11) is 1.26. The first-order valence-electron chi connectivity index (χ1n) is 10.0. The summed E-state index contributed by atoms with van der Waals surface area (Å²) in [5.74, 6) is -1.19. The number of carbonyl (C=O) groups excluding carboxylic acids is 2. The van der Waals surface area contributed by atoms with Crippen LogP contribution >= 0.6 is 0 Å². The highest BCUT2D eigenvalue weighted by Gasteiger charge is 2.27. The summed E-state index contributed by atoms with van der Waals surface area (Å²) in [6.45, 7) is 7.63. The van der Waals surface area contributed by atoms with Crippen LogP contribution in [0.4, 0.5) is 0 Å². The van der Waals surface area contributed by atoms with E-state index in [1.54, 1.807) is 20.8 Å². The Morgan fingerprint density at radius 1 is 0.852 bits per heavy atom. The largest absolute Gasteiger partial charge is 0.507 e. The molecule has 0 heterocycles. The third-order valence-electron chi connectivity index (χ3n) is 5.00. The van der Waals surface area contributed by atoms with E-state index in [4.69, 9.17) is 9.47 Å². The van der Waals surface area contributed by atoms with Crippen molar-refractivity contribution in [3.05, 3.63) is 27.8 Å². The number of methoxy groups -OCH3 is 1. The second-order valence-corrected chi connectivity index (χ2v) is 6.91. The van der Waals surface area contributed by atoms with Gasteiger partial charge in [-0.25, -0.2) is 9.59 Å². The number of hydrogen-bond acceptors (Lipinski definition) is 5. The van der Waals surface area contributed by atoms with Gasteiger partial charge in [0.15, 0.2) is 0 Å². The van der Waals surface area contributed by atoms with E-state index in [0.29, 0.717) is 28.7 Å². The number of unbranched alkanes of at least 4 members (excludes halogenated alkanes) is 6. The highest BCUT2D eigenvalue weighted by molar-refractivity contribution is 6.01. The third-order valence-corrected chi connectivity index (χ3v) is 5.00. The minimum absolute atomic E-state index is 0.0594. The topological polar surface area (TPSA) is 72.8 Å². The average molecular weight is 379 g/mol. The fraction of sp³-hybridized carbons (Fsp3) is 0.636. The van der Waals surface area contributed by atoms with Gasteiger partial charge in [0, 0.05) is 0 Å². The van der Waals surface area contributed by atoms with Crippen LogP contribution in [0, 0.1) is 13.8 Å². The smallest absolute Gasteiger partial charge is 0.341 e. The lowest BCUT2D eigenvalue weighted by atomic mass is 9.89. The second-order valence-electron chi connectivity index (χ2n) is 6.91. The molecule has 5 nitrogen and oxygen atoms in total. The van der Waals surface area contributed by atoms with Gasteiger partial charge in [-0.15, -0.1) is 0 Å². The molecule has 0 aliphatic heterocycles. The van der Waals surface area contributed by atoms with Crippen LogP contribution < -0.4 is 0 Å². The van der Waals surface area contributed by atoms with Gasteiger partial charge < -0.3 is 14.6 Å². The van der Waals surface area contributed by atoms with Gasteiger partial charge in [0.05, 0.1) is 19.3 Å². The van der Waals surface area contributed by atoms with Gasteiger partial charge in [0.1, 0.15) is 11.3 Å². The quantitative estimate of drug-likeness (QED) is 0.420. The van der Waals surface area contributed by atoms with Crippen LogP contribution in [0.5, 0.6) is 5.75 Å². The fourth-order valence-electron chi connectivity index (χ4n) is 3.49. The van der Waals surface area contributed by atoms with Crippen molar-refractivity contribution in [1.29, 1.82) is 0 Å². The maximum absolute atomic E-state index is 12.4. The van der Waals surface area contributed by atoms with E-state index in [-0.39, 0.29) is 17.9 Å². The first-order valence-corrected chi connectivity index (χ1v) is 10.0. The fourth-order valence-corrected chi connectivity index (χ4v) is 3.49. The van der Waals surface area contributed by atoms with E-state index < -0.39 is 11.9 Å². The SMILES string of the molecule is CCCCCCCCCc1c(C)c(C(=O)OCC)c(C)c(C(=O)OC)c1O. The summed E-state index contributed by atoms with van der Waals surface area (Å²) in [4.78, 5) is 24.6. The lowest BCUT2D eigenvalue weighted by molar-refractivity contribution is 0.0524. The van der Waals surface area contributed by atoms with E-state index in [0.717, 1.165) is 19.3 Å². The molecule has 152 valence electrons. The van der Waals surface area contributed by atoms with Crippen LogP contribution in [0.2, 0.25) is 0 Å². The number of aromatic hydroxyl groups is 1. The Labute approximate surface area is 163 Å². The monoisotopic (exact) mass is 378 g/mol. The molecule has 0 amide bonds. The molecule has 1 aromatic rings. The van der Waals surface area contributed by atoms with Crippen LogP contribution in [0.3, 0.4) is 0 Å². The summed E-state index contributed by atoms with van der Waals surface area (Å²) < 4.78 is 9.98. The lowest BCUT2D eigenvalue weighted by Gasteiger charge is -2.19. The highest BCUT2D eigenvalue weighted by atomic mass is 16.5. The Hall–Kier alpha value is -2.04. The highest BCUT2D eigenvalue weighted by Crippen LogP contribution is 2.35. The Morgan fingerprint density at radius 3 is 2.00 bits per heavy atom. The summed E-state index contributed by atoms with van der Waals surface area (Å²) in [5, 5.41) is 10.7. The summed E-state index contributed by atoms with van der Waals surface area (Å²) in [5.41, 5.74) is 2.13.